The van der Waals surface area contributed by atoms with Gasteiger partial charge in [-0.05, 0) is 44.5 Å². The molecule has 0 aliphatic carbocycles. The summed E-state index contributed by atoms with van der Waals surface area (Å²) < 4.78 is 20.8. The van der Waals surface area contributed by atoms with Gasteiger partial charge in [0.1, 0.15) is 18.2 Å². The maximum Gasteiger partial charge on any atom is 0.130 e. The van der Waals surface area contributed by atoms with Crippen LogP contribution in [0.3, 0.4) is 0 Å². The molecule has 1 aromatic carbocycles. The highest BCUT2D eigenvalue weighted by molar-refractivity contribution is 5.28. The van der Waals surface area contributed by atoms with Crippen LogP contribution in [0.2, 0.25) is 0 Å². The van der Waals surface area contributed by atoms with E-state index in [1.165, 1.54) is 6.07 Å². The second-order valence-electron chi connectivity index (χ2n) is 4.59. The van der Waals surface area contributed by atoms with Gasteiger partial charge in [0.2, 0.25) is 0 Å². The highest BCUT2D eigenvalue weighted by atomic mass is 19.1. The molecule has 0 unspecified atom stereocenters. The van der Waals surface area contributed by atoms with E-state index in [9.17, 15) is 4.39 Å². The molecule has 18 heavy (non-hydrogen) atoms. The number of aromatic nitrogens is 2. The Hall–Kier alpha value is -1.84. The number of aryl methyl sites for hydroxylation is 1. The minimum Gasteiger partial charge on any atom is -0.487 e. The van der Waals surface area contributed by atoms with E-state index in [-0.39, 0.29) is 5.82 Å². The van der Waals surface area contributed by atoms with Gasteiger partial charge in [0.15, 0.2) is 0 Å². The van der Waals surface area contributed by atoms with Crippen LogP contribution in [0, 0.1) is 12.7 Å². The minimum absolute atomic E-state index is 0.213. The van der Waals surface area contributed by atoms with Crippen molar-refractivity contribution in [1.29, 1.82) is 0 Å². The molecule has 0 N–H and O–H groups in total. The van der Waals surface area contributed by atoms with E-state index >= 15 is 0 Å². The van der Waals surface area contributed by atoms with Crippen molar-refractivity contribution in [2.45, 2.75) is 33.4 Å². The summed E-state index contributed by atoms with van der Waals surface area (Å²) >= 11 is 0. The van der Waals surface area contributed by atoms with Crippen molar-refractivity contribution in [3.8, 4) is 5.75 Å². The molecule has 0 saturated heterocycles. The molecular weight excluding hydrogens is 231 g/mol. The van der Waals surface area contributed by atoms with Gasteiger partial charge in [0.25, 0.3) is 0 Å². The van der Waals surface area contributed by atoms with Crippen LogP contribution in [-0.4, -0.2) is 9.55 Å². The fourth-order valence-corrected chi connectivity index (χ4v) is 1.77. The van der Waals surface area contributed by atoms with Crippen LogP contribution in [-0.2, 0) is 6.61 Å². The van der Waals surface area contributed by atoms with Crippen molar-refractivity contribution >= 4 is 0 Å². The van der Waals surface area contributed by atoms with Gasteiger partial charge >= 0.3 is 0 Å². The van der Waals surface area contributed by atoms with E-state index in [0.717, 1.165) is 5.69 Å². The van der Waals surface area contributed by atoms with E-state index in [1.807, 2.05) is 0 Å². The number of hydrogen-bond donors (Lipinski definition) is 0. The molecular formula is C14H17FN2O. The zero-order chi connectivity index (χ0) is 13.1. The summed E-state index contributed by atoms with van der Waals surface area (Å²) in [5.74, 6) is 0.458. The molecule has 0 atom stereocenters. The second kappa shape index (κ2) is 5.21. The molecule has 0 radical (unpaired) electrons. The number of ether oxygens (including phenoxy) is 1. The molecule has 4 heteroatoms. The maximum atomic E-state index is 13.1. The van der Waals surface area contributed by atoms with E-state index < -0.39 is 0 Å². The van der Waals surface area contributed by atoms with Crippen molar-refractivity contribution < 1.29 is 9.13 Å². The van der Waals surface area contributed by atoms with Crippen LogP contribution in [0.1, 0.15) is 31.1 Å². The highest BCUT2D eigenvalue weighted by Crippen LogP contribution is 2.18. The lowest BCUT2D eigenvalue weighted by molar-refractivity contribution is 0.291. The first-order valence-electron chi connectivity index (χ1n) is 5.97. The molecule has 1 aromatic heterocycles. The third-order valence-electron chi connectivity index (χ3n) is 2.82. The number of imidazole rings is 1. The summed E-state index contributed by atoms with van der Waals surface area (Å²) in [5, 5.41) is 0. The van der Waals surface area contributed by atoms with E-state index in [0.29, 0.717) is 24.0 Å². The van der Waals surface area contributed by atoms with Crippen LogP contribution in [0.4, 0.5) is 4.39 Å². The standard InChI is InChI=1S/C14H17FN2O/c1-10(2)17-9-16-7-12(17)8-18-13-4-5-14(15)11(3)6-13/h4-7,9-10H,8H2,1-3H3. The van der Waals surface area contributed by atoms with Gasteiger partial charge in [-0.25, -0.2) is 9.37 Å². The van der Waals surface area contributed by atoms with Gasteiger partial charge in [-0.1, -0.05) is 0 Å². The molecule has 3 nitrogen and oxygen atoms in total. The zero-order valence-corrected chi connectivity index (χ0v) is 10.9. The number of halogens is 1. The largest absolute Gasteiger partial charge is 0.487 e. The average molecular weight is 248 g/mol. The van der Waals surface area contributed by atoms with Crippen molar-refractivity contribution in [2.24, 2.45) is 0 Å². The summed E-state index contributed by atoms with van der Waals surface area (Å²) in [5.41, 5.74) is 1.59. The van der Waals surface area contributed by atoms with Gasteiger partial charge in [0, 0.05) is 6.04 Å². The Kier molecular flexibility index (Phi) is 3.65. The van der Waals surface area contributed by atoms with Crippen molar-refractivity contribution in [3.05, 3.63) is 47.8 Å². The summed E-state index contributed by atoms with van der Waals surface area (Å²) in [7, 11) is 0. The van der Waals surface area contributed by atoms with Gasteiger partial charge < -0.3 is 9.30 Å². The van der Waals surface area contributed by atoms with E-state index in [1.54, 1.807) is 31.6 Å². The van der Waals surface area contributed by atoms with E-state index in [4.69, 9.17) is 4.74 Å². The quantitative estimate of drug-likeness (QED) is 0.828. The second-order valence-corrected chi connectivity index (χ2v) is 4.59. The number of nitrogens with zero attached hydrogens (tertiary/aromatic N) is 2. The van der Waals surface area contributed by atoms with Crippen molar-refractivity contribution in [3.63, 3.8) is 0 Å². The normalized spacial score (nSPS) is 10.9. The van der Waals surface area contributed by atoms with E-state index in [2.05, 4.69) is 23.4 Å². The van der Waals surface area contributed by atoms with Crippen LogP contribution in [0.25, 0.3) is 0 Å². The number of rotatable bonds is 4. The first-order valence-corrected chi connectivity index (χ1v) is 5.97. The Morgan fingerprint density at radius 1 is 1.39 bits per heavy atom. The lowest BCUT2D eigenvalue weighted by atomic mass is 10.2. The fraction of sp³-hybridized carbons (Fsp3) is 0.357. The molecule has 1 heterocycles. The lowest BCUT2D eigenvalue weighted by Crippen LogP contribution is -2.07. The molecule has 0 aliphatic heterocycles. The van der Waals surface area contributed by atoms with Crippen LogP contribution in [0.15, 0.2) is 30.7 Å². The smallest absolute Gasteiger partial charge is 0.130 e. The summed E-state index contributed by atoms with van der Waals surface area (Å²) in [6.45, 7) is 6.34. The molecule has 96 valence electrons. The Labute approximate surface area is 106 Å². The molecule has 0 saturated carbocycles. The third-order valence-corrected chi connectivity index (χ3v) is 2.82. The average Bonchev–Trinajstić information content (AvgIpc) is 2.79. The predicted molar refractivity (Wildman–Crippen MR) is 68.1 cm³/mol. The monoisotopic (exact) mass is 248 g/mol. The Morgan fingerprint density at radius 2 is 2.17 bits per heavy atom. The molecule has 0 spiro atoms. The molecule has 0 aliphatic rings. The number of hydrogen-bond acceptors (Lipinski definition) is 2. The van der Waals surface area contributed by atoms with Crippen LogP contribution in [0.5, 0.6) is 5.75 Å². The van der Waals surface area contributed by atoms with Gasteiger partial charge in [-0.3, -0.25) is 0 Å². The number of benzene rings is 1. The molecule has 2 rings (SSSR count). The Balaban J connectivity index is 2.07. The summed E-state index contributed by atoms with van der Waals surface area (Å²) in [6, 6.07) is 5.11. The zero-order valence-electron chi connectivity index (χ0n) is 10.9. The summed E-state index contributed by atoms with van der Waals surface area (Å²) in [6.07, 6.45) is 3.58. The minimum atomic E-state index is -0.213. The SMILES string of the molecule is Cc1cc(OCc2cncn2C(C)C)ccc1F. The summed E-state index contributed by atoms with van der Waals surface area (Å²) in [4.78, 5) is 4.11. The highest BCUT2D eigenvalue weighted by Gasteiger charge is 2.06. The first-order chi connectivity index (χ1) is 8.58. The maximum absolute atomic E-state index is 13.1. The lowest BCUT2D eigenvalue weighted by Gasteiger charge is -2.12. The van der Waals surface area contributed by atoms with Crippen molar-refractivity contribution in [1.82, 2.24) is 9.55 Å². The van der Waals surface area contributed by atoms with Crippen molar-refractivity contribution in [2.75, 3.05) is 0 Å². The molecule has 0 bridgehead atoms. The molecule has 2 aromatic rings. The first kappa shape index (κ1) is 12.6. The van der Waals surface area contributed by atoms with Gasteiger partial charge in [0.05, 0.1) is 18.2 Å². The fourth-order valence-electron chi connectivity index (χ4n) is 1.77. The topological polar surface area (TPSA) is 27.1 Å². The van der Waals surface area contributed by atoms with Gasteiger partial charge in [-0.2, -0.15) is 0 Å². The third kappa shape index (κ3) is 2.70. The van der Waals surface area contributed by atoms with Crippen LogP contribution >= 0.6 is 0 Å². The predicted octanol–water partition coefficient (Wildman–Crippen LogP) is 3.49. The Bertz CT molecular complexity index is 534. The molecule has 0 fully saturated rings. The van der Waals surface area contributed by atoms with Gasteiger partial charge in [-0.15, -0.1) is 0 Å². The Morgan fingerprint density at radius 3 is 2.83 bits per heavy atom. The van der Waals surface area contributed by atoms with Crippen LogP contribution < -0.4 is 4.74 Å². The molecule has 0 amide bonds.